The number of aldehydes is 1. The Hall–Kier alpha value is -2.42. The Balaban J connectivity index is 2.15. The largest absolute Gasteiger partial charge is 0.449 e. The highest BCUT2D eigenvalue weighted by atomic mass is 16.6. The van der Waals surface area contributed by atoms with E-state index in [0.29, 0.717) is 12.7 Å². The quantitative estimate of drug-likeness (QED) is 0.487. The van der Waals surface area contributed by atoms with Crippen LogP contribution in [0.2, 0.25) is 0 Å². The molecular weight excluding hydrogens is 252 g/mol. The van der Waals surface area contributed by atoms with Crippen molar-refractivity contribution >= 4 is 12.3 Å². The van der Waals surface area contributed by atoms with Gasteiger partial charge >= 0.3 is 5.97 Å². The Kier molecular flexibility index (Phi) is 3.11. The van der Waals surface area contributed by atoms with Gasteiger partial charge in [0.2, 0.25) is 0 Å². The van der Waals surface area contributed by atoms with E-state index in [1.54, 1.807) is 0 Å². The van der Waals surface area contributed by atoms with E-state index < -0.39 is 17.5 Å². The molecule has 0 saturated carbocycles. The van der Waals surface area contributed by atoms with Gasteiger partial charge in [0.05, 0.1) is 0 Å². The van der Waals surface area contributed by atoms with Gasteiger partial charge in [-0.2, -0.15) is 0 Å². The topological polar surface area (TPSA) is 43.4 Å². The average Bonchev–Trinajstić information content (AvgIpc) is 2.87. The molecule has 2 aromatic rings. The van der Waals surface area contributed by atoms with Crippen LogP contribution in [0.1, 0.15) is 17.5 Å². The first-order valence-corrected chi connectivity index (χ1v) is 6.55. The van der Waals surface area contributed by atoms with E-state index in [-0.39, 0.29) is 0 Å². The molecule has 1 fully saturated rings. The molecule has 0 amide bonds. The summed E-state index contributed by atoms with van der Waals surface area (Å²) in [5.41, 5.74) is 0.929. The lowest BCUT2D eigenvalue weighted by atomic mass is 9.82. The highest BCUT2D eigenvalue weighted by Crippen LogP contribution is 2.44. The normalized spacial score (nSPS) is 20.4. The van der Waals surface area contributed by atoms with Gasteiger partial charge in [-0.1, -0.05) is 60.7 Å². The zero-order chi connectivity index (χ0) is 14.0. The van der Waals surface area contributed by atoms with Crippen molar-refractivity contribution < 1.29 is 14.3 Å². The Morgan fingerprint density at radius 1 is 0.950 bits per heavy atom. The maximum absolute atomic E-state index is 11.9. The van der Waals surface area contributed by atoms with Crippen LogP contribution in [-0.4, -0.2) is 12.3 Å². The third-order valence-corrected chi connectivity index (χ3v) is 3.73. The monoisotopic (exact) mass is 266 g/mol. The van der Waals surface area contributed by atoms with Crippen molar-refractivity contribution in [2.45, 2.75) is 12.0 Å². The fraction of sp³-hybridized carbons (Fsp3) is 0.176. The number of rotatable bonds is 3. The average molecular weight is 266 g/mol. The molecule has 1 atom stereocenters. The number of cyclic esters (lactones) is 1. The Morgan fingerprint density at radius 3 is 1.85 bits per heavy atom. The van der Waals surface area contributed by atoms with Crippen LogP contribution in [0, 0.1) is 5.92 Å². The molecule has 2 aromatic carbocycles. The van der Waals surface area contributed by atoms with Gasteiger partial charge in [0, 0.05) is 17.5 Å². The number of carbonyl (C=O) groups excluding carboxylic acids is 2. The maximum atomic E-state index is 11.9. The van der Waals surface area contributed by atoms with Gasteiger partial charge in [-0.25, -0.2) is 0 Å². The van der Waals surface area contributed by atoms with Crippen LogP contribution in [-0.2, 0) is 19.9 Å². The first-order chi connectivity index (χ1) is 9.76. The van der Waals surface area contributed by atoms with E-state index in [1.165, 1.54) is 0 Å². The Morgan fingerprint density at radius 2 is 1.45 bits per heavy atom. The van der Waals surface area contributed by atoms with Gasteiger partial charge < -0.3 is 9.53 Å². The highest BCUT2D eigenvalue weighted by Gasteiger charge is 2.49. The van der Waals surface area contributed by atoms with Crippen molar-refractivity contribution in [2.75, 3.05) is 0 Å². The van der Waals surface area contributed by atoms with E-state index in [1.807, 2.05) is 60.7 Å². The highest BCUT2D eigenvalue weighted by molar-refractivity contribution is 5.90. The third-order valence-electron chi connectivity index (χ3n) is 3.73. The minimum atomic E-state index is -0.856. The number of benzene rings is 2. The number of hydrogen-bond acceptors (Lipinski definition) is 3. The fourth-order valence-electron chi connectivity index (χ4n) is 2.72. The number of hydrogen-bond donors (Lipinski definition) is 0. The molecule has 1 aliphatic rings. The summed E-state index contributed by atoms with van der Waals surface area (Å²) >= 11 is 0. The lowest BCUT2D eigenvalue weighted by Gasteiger charge is -2.28. The summed E-state index contributed by atoms with van der Waals surface area (Å²) in [4.78, 5) is 23.0. The molecule has 3 nitrogen and oxygen atoms in total. The predicted octanol–water partition coefficient (Wildman–Crippen LogP) is 2.69. The minimum Gasteiger partial charge on any atom is -0.449 e. The van der Waals surface area contributed by atoms with Crippen molar-refractivity contribution in [3.8, 4) is 0 Å². The fourth-order valence-corrected chi connectivity index (χ4v) is 2.72. The van der Waals surface area contributed by atoms with E-state index in [0.717, 1.165) is 11.1 Å². The molecule has 1 saturated heterocycles. The molecule has 20 heavy (non-hydrogen) atoms. The Bertz CT molecular complexity index is 580. The lowest BCUT2D eigenvalue weighted by Crippen LogP contribution is -2.27. The van der Waals surface area contributed by atoms with Crippen molar-refractivity contribution in [3.05, 3.63) is 71.8 Å². The summed E-state index contributed by atoms with van der Waals surface area (Å²) in [6.45, 7) is 0. The van der Waals surface area contributed by atoms with Gasteiger partial charge in [0.1, 0.15) is 12.2 Å². The van der Waals surface area contributed by atoms with Crippen LogP contribution in [0.15, 0.2) is 60.7 Å². The third kappa shape index (κ3) is 1.92. The first-order valence-electron chi connectivity index (χ1n) is 6.55. The molecule has 0 aromatic heterocycles. The molecule has 1 unspecified atom stereocenters. The van der Waals surface area contributed by atoms with E-state index in [4.69, 9.17) is 4.74 Å². The molecule has 3 heteroatoms. The molecule has 1 aliphatic heterocycles. The number of ether oxygens (including phenoxy) is 1. The molecule has 1 heterocycles. The van der Waals surface area contributed by atoms with Crippen LogP contribution in [0.4, 0.5) is 0 Å². The van der Waals surface area contributed by atoms with E-state index in [9.17, 15) is 9.59 Å². The van der Waals surface area contributed by atoms with E-state index in [2.05, 4.69) is 0 Å². The minimum absolute atomic E-state index is 0.351. The molecule has 100 valence electrons. The second-order valence-corrected chi connectivity index (χ2v) is 4.93. The summed E-state index contributed by atoms with van der Waals surface area (Å²) in [5, 5.41) is 0. The van der Waals surface area contributed by atoms with Crippen LogP contribution in [0.3, 0.4) is 0 Å². The molecule has 0 radical (unpaired) electrons. The molecule has 0 spiro atoms. The van der Waals surface area contributed by atoms with Crippen LogP contribution in [0.5, 0.6) is 0 Å². The summed E-state index contributed by atoms with van der Waals surface area (Å²) < 4.78 is 5.65. The van der Waals surface area contributed by atoms with Gasteiger partial charge in [-0.3, -0.25) is 4.79 Å². The van der Waals surface area contributed by atoms with Gasteiger partial charge in [0.25, 0.3) is 0 Å². The van der Waals surface area contributed by atoms with Crippen molar-refractivity contribution in [1.29, 1.82) is 0 Å². The molecule has 0 aliphatic carbocycles. The summed E-state index contributed by atoms with van der Waals surface area (Å²) in [7, 11) is 0. The molecule has 0 bridgehead atoms. The van der Waals surface area contributed by atoms with Crippen LogP contribution in [0.25, 0.3) is 0 Å². The second-order valence-electron chi connectivity index (χ2n) is 4.93. The maximum Gasteiger partial charge on any atom is 0.317 e. The van der Waals surface area contributed by atoms with Gasteiger partial charge in [-0.05, 0) is 0 Å². The SMILES string of the molecule is O=CC1CC(c2ccccc2)(c2ccccc2)OC1=O. The molecule has 0 N–H and O–H groups in total. The van der Waals surface area contributed by atoms with Gasteiger partial charge in [-0.15, -0.1) is 0 Å². The lowest BCUT2D eigenvalue weighted by molar-refractivity contribution is -0.149. The van der Waals surface area contributed by atoms with E-state index >= 15 is 0 Å². The summed E-state index contributed by atoms with van der Waals surface area (Å²) in [6.07, 6.45) is 1.03. The predicted molar refractivity (Wildman–Crippen MR) is 73.9 cm³/mol. The first kappa shape index (κ1) is 12.6. The van der Waals surface area contributed by atoms with Crippen molar-refractivity contribution in [3.63, 3.8) is 0 Å². The van der Waals surface area contributed by atoms with Crippen molar-refractivity contribution in [1.82, 2.24) is 0 Å². The summed E-state index contributed by atoms with van der Waals surface area (Å²) in [5.74, 6) is -1.15. The molecular formula is C17H14O3. The van der Waals surface area contributed by atoms with Crippen LogP contribution < -0.4 is 0 Å². The van der Waals surface area contributed by atoms with Gasteiger partial charge in [0.15, 0.2) is 5.60 Å². The number of carbonyl (C=O) groups is 2. The standard InChI is InChI=1S/C17H14O3/c18-12-13-11-17(20-16(13)19,14-7-3-1-4-8-14)15-9-5-2-6-10-15/h1-10,12-13H,11H2. The number of esters is 1. The van der Waals surface area contributed by atoms with Crippen molar-refractivity contribution in [2.24, 2.45) is 5.92 Å². The Labute approximate surface area is 117 Å². The van der Waals surface area contributed by atoms with Crippen LogP contribution >= 0.6 is 0 Å². The zero-order valence-corrected chi connectivity index (χ0v) is 10.9. The molecule has 3 rings (SSSR count). The second kappa shape index (κ2) is 4.93. The smallest absolute Gasteiger partial charge is 0.317 e. The zero-order valence-electron chi connectivity index (χ0n) is 10.9. The summed E-state index contributed by atoms with van der Waals surface area (Å²) in [6, 6.07) is 19.1.